The molecule has 0 bridgehead atoms. The maximum Gasteiger partial charge on any atom is 0.442 e. The molecule has 0 atom stereocenters. The first-order chi connectivity index (χ1) is 7.93. The molecule has 17 heavy (non-hydrogen) atoms. The number of alkyl halides is 3. The van der Waals surface area contributed by atoms with Crippen LogP contribution in [0.1, 0.15) is 16.7 Å². The van der Waals surface area contributed by atoms with Crippen LogP contribution in [0, 0.1) is 0 Å². The van der Waals surface area contributed by atoms with Crippen LogP contribution in [0.2, 0.25) is 0 Å². The molecule has 0 spiro atoms. The van der Waals surface area contributed by atoms with Gasteiger partial charge in [-0.05, 0) is 23.3 Å². The lowest BCUT2D eigenvalue weighted by atomic mass is 9.98. The quantitative estimate of drug-likeness (QED) is 0.854. The van der Waals surface area contributed by atoms with Gasteiger partial charge in [0, 0.05) is 5.56 Å². The molecule has 1 heterocycles. The van der Waals surface area contributed by atoms with Crippen molar-refractivity contribution in [3.8, 4) is 0 Å². The molecule has 7 heteroatoms. The van der Waals surface area contributed by atoms with Gasteiger partial charge >= 0.3 is 11.8 Å². The average molecular weight is 246 g/mol. The van der Waals surface area contributed by atoms with Crippen molar-refractivity contribution < 1.29 is 23.4 Å². The van der Waals surface area contributed by atoms with Gasteiger partial charge in [-0.25, -0.2) is 0 Å². The zero-order valence-electron chi connectivity index (χ0n) is 8.57. The maximum atomic E-state index is 12.7. The lowest BCUT2D eigenvalue weighted by Gasteiger charge is -2.16. The highest BCUT2D eigenvalue weighted by atomic mass is 19.4. The van der Waals surface area contributed by atoms with Crippen molar-refractivity contribution in [3.63, 3.8) is 0 Å². The predicted octanol–water partition coefficient (Wildman–Crippen LogP) is 1.85. The van der Waals surface area contributed by atoms with Gasteiger partial charge in [0.15, 0.2) is 0 Å². The molecule has 2 N–H and O–H groups in total. The number of benzene rings is 1. The van der Waals surface area contributed by atoms with Crippen molar-refractivity contribution >= 4 is 0 Å². The summed E-state index contributed by atoms with van der Waals surface area (Å²) >= 11 is 0. The molecule has 0 aromatic heterocycles. The minimum absolute atomic E-state index is 0.180. The second-order valence-corrected chi connectivity index (χ2v) is 3.72. The maximum absolute atomic E-state index is 12.7. The molecular weight excluding hydrogens is 237 g/mol. The van der Waals surface area contributed by atoms with Crippen LogP contribution in [0.15, 0.2) is 28.4 Å². The molecule has 1 aromatic rings. The zero-order chi connectivity index (χ0) is 12.7. The number of hydrogen-bond acceptors (Lipinski definition) is 4. The number of rotatable bonds is 3. The van der Waals surface area contributed by atoms with Crippen LogP contribution in [-0.4, -0.2) is 16.4 Å². The predicted molar refractivity (Wildman–Crippen MR) is 50.9 cm³/mol. The van der Waals surface area contributed by atoms with E-state index >= 15 is 0 Å². The van der Waals surface area contributed by atoms with E-state index < -0.39 is 25.1 Å². The van der Waals surface area contributed by atoms with Gasteiger partial charge in [0.1, 0.15) is 0 Å². The third kappa shape index (κ3) is 1.91. The molecular formula is C10H9F3N2O2. The van der Waals surface area contributed by atoms with Crippen molar-refractivity contribution in [1.29, 1.82) is 0 Å². The Balaban J connectivity index is 2.46. The van der Waals surface area contributed by atoms with E-state index in [-0.39, 0.29) is 16.7 Å². The van der Waals surface area contributed by atoms with E-state index in [2.05, 4.69) is 10.2 Å². The largest absolute Gasteiger partial charge is 0.442 e. The van der Waals surface area contributed by atoms with E-state index in [4.69, 9.17) is 10.2 Å². The summed E-state index contributed by atoms with van der Waals surface area (Å²) in [5.41, 5.74) is -2.12. The monoisotopic (exact) mass is 246 g/mol. The zero-order valence-corrected chi connectivity index (χ0v) is 8.57. The Morgan fingerprint density at radius 3 is 1.76 bits per heavy atom. The molecule has 4 nitrogen and oxygen atoms in total. The summed E-state index contributed by atoms with van der Waals surface area (Å²) < 4.78 is 38.2. The van der Waals surface area contributed by atoms with Crippen LogP contribution in [0.4, 0.5) is 13.2 Å². The lowest BCUT2D eigenvalue weighted by molar-refractivity contribution is -0.166. The van der Waals surface area contributed by atoms with Crippen molar-refractivity contribution in [1.82, 2.24) is 0 Å². The molecule has 0 saturated heterocycles. The Bertz CT molecular complexity index is 443. The molecule has 1 aliphatic heterocycles. The van der Waals surface area contributed by atoms with E-state index in [0.29, 0.717) is 0 Å². The van der Waals surface area contributed by atoms with Crippen molar-refractivity contribution in [2.75, 3.05) is 0 Å². The molecule has 1 aliphatic rings. The number of aliphatic hydroxyl groups excluding tert-OH is 2. The molecule has 0 amide bonds. The second kappa shape index (κ2) is 3.78. The summed E-state index contributed by atoms with van der Waals surface area (Å²) in [5, 5.41) is 24.0. The third-order valence-electron chi connectivity index (χ3n) is 2.52. The highest BCUT2D eigenvalue weighted by Crippen LogP contribution is 2.52. The fourth-order valence-corrected chi connectivity index (χ4v) is 1.59. The van der Waals surface area contributed by atoms with Crippen LogP contribution in [0.3, 0.4) is 0 Å². The van der Waals surface area contributed by atoms with Crippen molar-refractivity contribution in [3.05, 3.63) is 34.9 Å². The van der Waals surface area contributed by atoms with Gasteiger partial charge in [0.05, 0.1) is 13.2 Å². The minimum atomic E-state index is -4.60. The molecule has 92 valence electrons. The summed E-state index contributed by atoms with van der Waals surface area (Å²) in [6.07, 6.45) is -4.60. The van der Waals surface area contributed by atoms with Gasteiger partial charge in [-0.1, -0.05) is 6.07 Å². The SMILES string of the molecule is OCc1cc(CO)cc(C2(C(F)(F)F)N=N2)c1. The molecule has 1 aromatic carbocycles. The summed E-state index contributed by atoms with van der Waals surface area (Å²) in [4.78, 5) is 0. The Morgan fingerprint density at radius 1 is 1.00 bits per heavy atom. The summed E-state index contributed by atoms with van der Waals surface area (Å²) in [7, 11) is 0. The molecule has 0 unspecified atom stereocenters. The minimum Gasteiger partial charge on any atom is -0.392 e. The fourth-order valence-electron chi connectivity index (χ4n) is 1.59. The first kappa shape index (κ1) is 12.0. The number of halogens is 3. The Hall–Kier alpha value is -1.47. The second-order valence-electron chi connectivity index (χ2n) is 3.72. The van der Waals surface area contributed by atoms with Crippen molar-refractivity contribution in [2.24, 2.45) is 10.2 Å². The number of aliphatic hydroxyl groups is 2. The van der Waals surface area contributed by atoms with Crippen LogP contribution >= 0.6 is 0 Å². The lowest BCUT2D eigenvalue weighted by Crippen LogP contribution is -2.30. The van der Waals surface area contributed by atoms with Gasteiger partial charge < -0.3 is 10.2 Å². The first-order valence-corrected chi connectivity index (χ1v) is 4.79. The summed E-state index contributed by atoms with van der Waals surface area (Å²) in [6, 6.07) is 3.80. The fraction of sp³-hybridized carbons (Fsp3) is 0.400. The standard InChI is InChI=1S/C10H9F3N2O2/c11-10(12,13)9(14-15-9)8-2-6(4-16)1-7(3-8)5-17/h1-3,16-17H,4-5H2. The van der Waals surface area contributed by atoms with Gasteiger partial charge in [-0.3, -0.25) is 0 Å². The molecule has 0 radical (unpaired) electrons. The Morgan fingerprint density at radius 2 is 1.47 bits per heavy atom. The molecule has 0 saturated carbocycles. The Labute approximate surface area is 94.4 Å². The van der Waals surface area contributed by atoms with Crippen LogP contribution < -0.4 is 0 Å². The van der Waals surface area contributed by atoms with Crippen molar-refractivity contribution in [2.45, 2.75) is 25.1 Å². The van der Waals surface area contributed by atoms with E-state index in [1.165, 1.54) is 18.2 Å². The van der Waals surface area contributed by atoms with Gasteiger partial charge in [-0.15, -0.1) is 10.2 Å². The van der Waals surface area contributed by atoms with Crippen LogP contribution in [-0.2, 0) is 18.9 Å². The topological polar surface area (TPSA) is 65.2 Å². The molecule has 2 rings (SSSR count). The highest BCUT2D eigenvalue weighted by Gasteiger charge is 2.65. The van der Waals surface area contributed by atoms with Gasteiger partial charge in [-0.2, -0.15) is 13.2 Å². The number of hydrogen-bond donors (Lipinski definition) is 2. The van der Waals surface area contributed by atoms with Crippen LogP contribution in [0.5, 0.6) is 0 Å². The van der Waals surface area contributed by atoms with E-state index in [0.717, 1.165) is 0 Å². The number of nitrogens with zero attached hydrogens (tertiary/aromatic N) is 2. The summed E-state index contributed by atoms with van der Waals surface area (Å²) in [5.74, 6) is 0. The van der Waals surface area contributed by atoms with E-state index in [1.54, 1.807) is 0 Å². The molecule has 0 fully saturated rings. The molecule has 0 aliphatic carbocycles. The van der Waals surface area contributed by atoms with Gasteiger partial charge in [0.2, 0.25) is 0 Å². The van der Waals surface area contributed by atoms with E-state index in [9.17, 15) is 13.2 Å². The average Bonchev–Trinajstić information content (AvgIpc) is 3.08. The Kier molecular flexibility index (Phi) is 2.67. The van der Waals surface area contributed by atoms with Gasteiger partial charge in [0.25, 0.3) is 0 Å². The summed E-state index contributed by atoms with van der Waals surface area (Å²) in [6.45, 7) is -0.816. The third-order valence-corrected chi connectivity index (χ3v) is 2.52. The normalized spacial score (nSPS) is 17.2. The van der Waals surface area contributed by atoms with E-state index in [1.807, 2.05) is 0 Å². The first-order valence-electron chi connectivity index (χ1n) is 4.79. The highest BCUT2D eigenvalue weighted by molar-refractivity contribution is 5.37. The van der Waals surface area contributed by atoms with Crippen LogP contribution in [0.25, 0.3) is 0 Å². The smallest absolute Gasteiger partial charge is 0.392 e.